The van der Waals surface area contributed by atoms with Crippen LogP contribution in [0.15, 0.2) is 24.3 Å². The van der Waals surface area contributed by atoms with Gasteiger partial charge in [0, 0.05) is 0 Å². The first kappa shape index (κ1) is 14.1. The molecule has 0 aliphatic rings. The zero-order valence-electron chi connectivity index (χ0n) is 13.0. The Morgan fingerprint density at radius 2 is 1.47 bits per heavy atom. The highest BCUT2D eigenvalue weighted by molar-refractivity contribution is 5.87. The number of hydrogen-bond donors (Lipinski definition) is 0. The molecule has 0 unspecified atom stereocenters. The van der Waals surface area contributed by atoms with Crippen LogP contribution in [0.5, 0.6) is 0 Å². The average Bonchev–Trinajstić information content (AvgIpc) is 2.36. The maximum Gasteiger partial charge on any atom is -0.0102 e. The summed E-state index contributed by atoms with van der Waals surface area (Å²) in [5.41, 5.74) is 4.11. The van der Waals surface area contributed by atoms with Gasteiger partial charge in [-0.05, 0) is 51.3 Å². The molecule has 0 nitrogen and oxygen atoms in total. The minimum atomic E-state index is 0.520. The molecule has 0 saturated heterocycles. The second kappa shape index (κ2) is 5.36. The molecule has 2 aromatic rings. The zero-order chi connectivity index (χ0) is 14.2. The van der Waals surface area contributed by atoms with Gasteiger partial charge in [-0.1, -0.05) is 65.8 Å². The fraction of sp³-hybridized carbons (Fsp3) is 0.474. The van der Waals surface area contributed by atoms with Gasteiger partial charge in [-0.2, -0.15) is 0 Å². The lowest BCUT2D eigenvalue weighted by atomic mass is 9.88. The molecular weight excluding hydrogens is 228 g/mol. The third kappa shape index (κ3) is 2.83. The minimum absolute atomic E-state index is 0.520. The van der Waals surface area contributed by atoms with Gasteiger partial charge in [-0.25, -0.2) is 0 Å². The summed E-state index contributed by atoms with van der Waals surface area (Å²) in [7, 11) is 0. The summed E-state index contributed by atoms with van der Waals surface area (Å²) in [4.78, 5) is 0. The van der Waals surface area contributed by atoms with Crippen LogP contribution in [0.2, 0.25) is 0 Å². The number of fused-ring (bicyclic) bond motifs is 1. The van der Waals surface area contributed by atoms with Crippen LogP contribution in [0.25, 0.3) is 10.8 Å². The zero-order valence-corrected chi connectivity index (χ0v) is 13.0. The molecule has 0 aliphatic heterocycles. The van der Waals surface area contributed by atoms with E-state index in [2.05, 4.69) is 71.9 Å². The van der Waals surface area contributed by atoms with Gasteiger partial charge in [-0.3, -0.25) is 0 Å². The maximum absolute atomic E-state index is 3.63. The van der Waals surface area contributed by atoms with Gasteiger partial charge in [0.2, 0.25) is 0 Å². The molecule has 0 fully saturated rings. The molecule has 0 aromatic heterocycles. The molecule has 0 atom stereocenters. The van der Waals surface area contributed by atoms with Crippen LogP contribution < -0.4 is 0 Å². The molecule has 19 heavy (non-hydrogen) atoms. The Labute approximate surface area is 117 Å². The summed E-state index contributed by atoms with van der Waals surface area (Å²) < 4.78 is 0. The average molecular weight is 253 g/mol. The molecule has 0 amide bonds. The predicted octanol–water partition coefficient (Wildman–Crippen LogP) is 6.01. The normalized spacial score (nSPS) is 12.1. The lowest BCUT2D eigenvalue weighted by molar-refractivity contribution is 0.837. The van der Waals surface area contributed by atoms with E-state index in [9.17, 15) is 0 Å². The molecule has 0 N–H and O–H groups in total. The van der Waals surface area contributed by atoms with Crippen LogP contribution >= 0.6 is 0 Å². The molecule has 0 heterocycles. The maximum atomic E-state index is 3.63. The van der Waals surface area contributed by atoms with Crippen LogP contribution in [0.3, 0.4) is 0 Å². The van der Waals surface area contributed by atoms with E-state index in [-0.39, 0.29) is 0 Å². The Balaban J connectivity index is 2.72. The van der Waals surface area contributed by atoms with Crippen molar-refractivity contribution in [1.82, 2.24) is 0 Å². The molecule has 1 radical (unpaired) electrons. The van der Waals surface area contributed by atoms with Crippen molar-refractivity contribution in [2.24, 2.45) is 0 Å². The van der Waals surface area contributed by atoms with E-state index in [1.165, 1.54) is 27.5 Å². The Morgan fingerprint density at radius 1 is 0.789 bits per heavy atom. The minimum Gasteiger partial charge on any atom is -0.0587 e. The Kier molecular flexibility index (Phi) is 3.99. The summed E-state index contributed by atoms with van der Waals surface area (Å²) in [5, 5.41) is 2.74. The molecule has 0 spiro atoms. The first-order valence-corrected chi connectivity index (χ1v) is 7.40. The van der Waals surface area contributed by atoms with E-state index < -0.39 is 0 Å². The lowest BCUT2D eigenvalue weighted by Gasteiger charge is -2.16. The van der Waals surface area contributed by atoms with Crippen LogP contribution in [0, 0.1) is 6.07 Å². The van der Waals surface area contributed by atoms with Crippen LogP contribution in [0.4, 0.5) is 0 Å². The first-order chi connectivity index (χ1) is 8.90. The standard InChI is InChI=1S/C19H25/c1-12(2)15-7-8-18-17(9-15)10-16(13(3)4)11-19(18)14(5)6/h7-10,12-14H,1-6H3. The van der Waals surface area contributed by atoms with Crippen molar-refractivity contribution in [2.75, 3.05) is 0 Å². The van der Waals surface area contributed by atoms with E-state index in [0.717, 1.165) is 0 Å². The first-order valence-electron chi connectivity index (χ1n) is 7.40. The number of rotatable bonds is 3. The lowest BCUT2D eigenvalue weighted by Crippen LogP contribution is -1.97. The van der Waals surface area contributed by atoms with Gasteiger partial charge in [0.15, 0.2) is 0 Å². The van der Waals surface area contributed by atoms with Crippen LogP contribution in [-0.4, -0.2) is 0 Å². The molecule has 0 bridgehead atoms. The molecule has 0 aliphatic carbocycles. The molecule has 101 valence electrons. The van der Waals surface area contributed by atoms with E-state index in [1.807, 2.05) is 0 Å². The monoisotopic (exact) mass is 253 g/mol. The number of hydrogen-bond acceptors (Lipinski definition) is 0. The third-order valence-electron chi connectivity index (χ3n) is 3.82. The van der Waals surface area contributed by atoms with Gasteiger partial charge in [0.05, 0.1) is 0 Å². The van der Waals surface area contributed by atoms with Crippen LogP contribution in [-0.2, 0) is 0 Å². The second-order valence-electron chi connectivity index (χ2n) is 6.45. The smallest absolute Gasteiger partial charge is 0.0102 e. The van der Waals surface area contributed by atoms with Gasteiger partial charge in [0.25, 0.3) is 0 Å². The van der Waals surface area contributed by atoms with E-state index >= 15 is 0 Å². The van der Waals surface area contributed by atoms with Crippen molar-refractivity contribution < 1.29 is 0 Å². The molecule has 2 rings (SSSR count). The molecule has 0 heteroatoms. The summed E-state index contributed by atoms with van der Waals surface area (Å²) in [5.74, 6) is 1.63. The van der Waals surface area contributed by atoms with Crippen molar-refractivity contribution in [3.05, 3.63) is 47.0 Å². The summed E-state index contributed by atoms with van der Waals surface area (Å²) >= 11 is 0. The van der Waals surface area contributed by atoms with E-state index in [1.54, 1.807) is 0 Å². The van der Waals surface area contributed by atoms with Gasteiger partial charge < -0.3 is 0 Å². The topological polar surface area (TPSA) is 0 Å². The van der Waals surface area contributed by atoms with E-state index in [0.29, 0.717) is 17.8 Å². The third-order valence-corrected chi connectivity index (χ3v) is 3.82. The summed E-state index contributed by atoms with van der Waals surface area (Å²) in [6.45, 7) is 13.5. The highest BCUT2D eigenvalue weighted by Crippen LogP contribution is 2.31. The van der Waals surface area contributed by atoms with Gasteiger partial charge in [-0.15, -0.1) is 0 Å². The summed E-state index contributed by atoms with van der Waals surface area (Å²) in [6.07, 6.45) is 0. The highest BCUT2D eigenvalue weighted by Gasteiger charge is 2.11. The van der Waals surface area contributed by atoms with Crippen molar-refractivity contribution in [1.29, 1.82) is 0 Å². The SMILES string of the molecule is CC(C)c1[c]c(C(C)C)c2ccc(C(C)C)cc2c1. The summed E-state index contributed by atoms with van der Waals surface area (Å²) in [6, 6.07) is 12.8. The van der Waals surface area contributed by atoms with Crippen molar-refractivity contribution in [2.45, 2.75) is 59.3 Å². The Morgan fingerprint density at radius 3 is 2.00 bits per heavy atom. The molecular formula is C19H25. The van der Waals surface area contributed by atoms with E-state index in [4.69, 9.17) is 0 Å². The second-order valence-corrected chi connectivity index (χ2v) is 6.45. The van der Waals surface area contributed by atoms with Crippen molar-refractivity contribution in [3.63, 3.8) is 0 Å². The molecule has 0 saturated carbocycles. The van der Waals surface area contributed by atoms with Crippen molar-refractivity contribution >= 4 is 10.8 Å². The van der Waals surface area contributed by atoms with Crippen molar-refractivity contribution in [3.8, 4) is 0 Å². The molecule has 2 aromatic carbocycles. The predicted molar refractivity (Wildman–Crippen MR) is 85.1 cm³/mol. The Hall–Kier alpha value is -1.30. The Bertz CT molecular complexity index is 569. The fourth-order valence-electron chi connectivity index (χ4n) is 2.50. The number of benzene rings is 2. The van der Waals surface area contributed by atoms with Gasteiger partial charge in [0.1, 0.15) is 0 Å². The largest absolute Gasteiger partial charge is 0.0587 e. The van der Waals surface area contributed by atoms with Gasteiger partial charge >= 0.3 is 0 Å². The quantitative estimate of drug-likeness (QED) is 0.628. The fourth-order valence-corrected chi connectivity index (χ4v) is 2.50. The highest BCUT2D eigenvalue weighted by atomic mass is 14.2. The van der Waals surface area contributed by atoms with Crippen LogP contribution in [0.1, 0.15) is 76.0 Å².